The topological polar surface area (TPSA) is 92.2 Å². The molecule has 6 nitrogen and oxygen atoms in total. The lowest BCUT2D eigenvalue weighted by Gasteiger charge is -2.36. The van der Waals surface area contributed by atoms with Crippen LogP contribution in [-0.4, -0.2) is 36.2 Å². The normalized spacial score (nSPS) is 18.1. The van der Waals surface area contributed by atoms with Crippen LogP contribution in [0.5, 0.6) is 0 Å². The maximum absolute atomic E-state index is 12.4. The number of carbonyl (C=O) groups is 1. The van der Waals surface area contributed by atoms with Crippen LogP contribution in [0.3, 0.4) is 0 Å². The fourth-order valence-corrected chi connectivity index (χ4v) is 4.57. The van der Waals surface area contributed by atoms with Crippen molar-refractivity contribution in [2.75, 3.05) is 18.0 Å². The van der Waals surface area contributed by atoms with Gasteiger partial charge in [-0.3, -0.25) is 4.79 Å². The molecule has 2 atom stereocenters. The number of nitriles is 1. The van der Waals surface area contributed by atoms with Gasteiger partial charge in [-0.05, 0) is 67.3 Å². The fourth-order valence-electron chi connectivity index (χ4n) is 4.57. The lowest BCUT2D eigenvalue weighted by molar-refractivity contribution is -0.00545. The minimum Gasteiger partial charge on any atom is -0.372 e. The van der Waals surface area contributed by atoms with E-state index in [2.05, 4.69) is 31.7 Å². The summed E-state index contributed by atoms with van der Waals surface area (Å²) >= 11 is 0. The average molecular weight is 441 g/mol. The number of carbonyl (C=O) groups excluding carboxylic acids is 1. The summed E-state index contributed by atoms with van der Waals surface area (Å²) in [7, 11) is 0. The van der Waals surface area contributed by atoms with E-state index in [1.54, 1.807) is 18.2 Å². The van der Waals surface area contributed by atoms with E-state index in [9.17, 15) is 10.1 Å². The van der Waals surface area contributed by atoms with Crippen molar-refractivity contribution in [1.82, 2.24) is 4.98 Å². The molecule has 33 heavy (non-hydrogen) atoms. The minimum absolute atomic E-state index is 0.140. The Morgan fingerprint density at radius 1 is 1.06 bits per heavy atom. The highest BCUT2D eigenvalue weighted by Gasteiger charge is 2.24. The third kappa shape index (κ3) is 4.59. The number of aromatic nitrogens is 1. The average Bonchev–Trinajstić information content (AvgIpc) is 2.82. The summed E-state index contributed by atoms with van der Waals surface area (Å²) in [6.07, 6.45) is 2.88. The Morgan fingerprint density at radius 2 is 1.73 bits per heavy atom. The molecule has 1 amide bonds. The Bertz CT molecular complexity index is 1190. The van der Waals surface area contributed by atoms with Crippen LogP contribution in [0.1, 0.15) is 42.3 Å². The zero-order valence-corrected chi connectivity index (χ0v) is 19.2. The molecular formula is C27H28N4O2. The van der Waals surface area contributed by atoms with Crippen LogP contribution in [-0.2, 0) is 11.2 Å². The number of primary amides is 1. The van der Waals surface area contributed by atoms with Crippen molar-refractivity contribution in [2.24, 2.45) is 5.73 Å². The number of nitrogens with zero attached hydrogens (tertiary/aromatic N) is 3. The van der Waals surface area contributed by atoms with Crippen LogP contribution in [0, 0.1) is 11.3 Å². The maximum Gasteiger partial charge on any atom is 0.249 e. The molecule has 1 aliphatic rings. The molecule has 2 heterocycles. The lowest BCUT2D eigenvalue weighted by atomic mass is 9.86. The van der Waals surface area contributed by atoms with E-state index in [-0.39, 0.29) is 12.2 Å². The SMILES string of the molecule is CCc1ccc(C(N)=O)c(-c2ccc(N3CC(C)OC(C)C3)nc2)c1-c1ccc(C#N)cc1. The van der Waals surface area contributed by atoms with Gasteiger partial charge in [0, 0.05) is 36.0 Å². The van der Waals surface area contributed by atoms with Crippen molar-refractivity contribution in [3.05, 3.63) is 71.4 Å². The number of anilines is 1. The third-order valence-corrected chi connectivity index (χ3v) is 6.02. The molecule has 0 saturated carbocycles. The van der Waals surface area contributed by atoms with Gasteiger partial charge in [-0.2, -0.15) is 5.26 Å². The van der Waals surface area contributed by atoms with Crippen LogP contribution in [0.2, 0.25) is 0 Å². The highest BCUT2D eigenvalue weighted by Crippen LogP contribution is 2.38. The predicted octanol–water partition coefficient (Wildman–Crippen LogP) is 4.56. The van der Waals surface area contributed by atoms with Gasteiger partial charge in [0.15, 0.2) is 0 Å². The Hall–Kier alpha value is -3.69. The largest absolute Gasteiger partial charge is 0.372 e. The zero-order valence-electron chi connectivity index (χ0n) is 19.2. The van der Waals surface area contributed by atoms with Gasteiger partial charge in [0.25, 0.3) is 0 Å². The summed E-state index contributed by atoms with van der Waals surface area (Å²) in [5.41, 5.74) is 11.4. The highest BCUT2D eigenvalue weighted by atomic mass is 16.5. The molecule has 2 aromatic carbocycles. The van der Waals surface area contributed by atoms with Crippen molar-refractivity contribution in [3.8, 4) is 28.3 Å². The first-order valence-corrected chi connectivity index (χ1v) is 11.2. The van der Waals surface area contributed by atoms with E-state index in [1.807, 2.05) is 36.5 Å². The third-order valence-electron chi connectivity index (χ3n) is 6.02. The molecule has 0 bridgehead atoms. The summed E-state index contributed by atoms with van der Waals surface area (Å²) in [4.78, 5) is 19.4. The van der Waals surface area contributed by atoms with Gasteiger partial charge in [-0.15, -0.1) is 0 Å². The number of aryl methyl sites for hydroxylation is 1. The Labute approximate surface area is 194 Å². The van der Waals surface area contributed by atoms with Gasteiger partial charge in [0.05, 0.1) is 23.8 Å². The number of hydrogen-bond acceptors (Lipinski definition) is 5. The smallest absolute Gasteiger partial charge is 0.249 e. The monoisotopic (exact) mass is 440 g/mol. The van der Waals surface area contributed by atoms with Gasteiger partial charge in [0.2, 0.25) is 5.91 Å². The van der Waals surface area contributed by atoms with Crippen LogP contribution in [0.25, 0.3) is 22.3 Å². The summed E-state index contributed by atoms with van der Waals surface area (Å²) in [6.45, 7) is 7.78. The van der Waals surface area contributed by atoms with E-state index < -0.39 is 5.91 Å². The molecule has 168 valence electrons. The van der Waals surface area contributed by atoms with Gasteiger partial charge in [-0.25, -0.2) is 4.98 Å². The molecule has 0 radical (unpaired) electrons. The maximum atomic E-state index is 12.4. The standard InChI is InChI=1S/C27H28N4O2/c1-4-20-9-11-23(27(29)32)26(25(20)21-7-5-19(13-28)6-8-21)22-10-12-24(30-14-22)31-15-17(2)33-18(3)16-31/h5-12,14,17-18H,4,15-16H2,1-3H3,(H2,29,32). The van der Waals surface area contributed by atoms with E-state index in [4.69, 9.17) is 15.5 Å². The molecule has 1 saturated heterocycles. The molecule has 4 rings (SSSR count). The predicted molar refractivity (Wildman–Crippen MR) is 130 cm³/mol. The summed E-state index contributed by atoms with van der Waals surface area (Å²) in [5.74, 6) is 0.399. The lowest BCUT2D eigenvalue weighted by Crippen LogP contribution is -2.45. The summed E-state index contributed by atoms with van der Waals surface area (Å²) in [5, 5.41) is 9.18. The number of ether oxygens (including phenoxy) is 1. The van der Waals surface area contributed by atoms with Crippen LogP contribution >= 0.6 is 0 Å². The Balaban J connectivity index is 1.83. The van der Waals surface area contributed by atoms with Crippen LogP contribution in [0.15, 0.2) is 54.7 Å². The van der Waals surface area contributed by atoms with Crippen LogP contribution in [0.4, 0.5) is 5.82 Å². The van der Waals surface area contributed by atoms with E-state index >= 15 is 0 Å². The quantitative estimate of drug-likeness (QED) is 0.628. The molecule has 3 aromatic rings. The molecule has 6 heteroatoms. The first-order valence-electron chi connectivity index (χ1n) is 11.2. The second kappa shape index (κ2) is 9.43. The molecule has 1 aliphatic heterocycles. The van der Waals surface area contributed by atoms with Gasteiger partial charge < -0.3 is 15.4 Å². The first kappa shape index (κ1) is 22.5. The number of benzene rings is 2. The van der Waals surface area contributed by atoms with E-state index in [0.717, 1.165) is 53.1 Å². The number of pyridine rings is 1. The van der Waals surface area contributed by atoms with Crippen molar-refractivity contribution in [3.63, 3.8) is 0 Å². The van der Waals surface area contributed by atoms with Crippen molar-refractivity contribution < 1.29 is 9.53 Å². The molecule has 2 unspecified atom stereocenters. The number of nitrogens with two attached hydrogens (primary N) is 1. The van der Waals surface area contributed by atoms with Crippen molar-refractivity contribution in [1.29, 1.82) is 5.26 Å². The molecule has 1 aromatic heterocycles. The summed E-state index contributed by atoms with van der Waals surface area (Å²) in [6, 6.07) is 17.3. The van der Waals surface area contributed by atoms with Gasteiger partial charge in [-0.1, -0.05) is 25.1 Å². The molecule has 2 N–H and O–H groups in total. The molecule has 0 spiro atoms. The van der Waals surface area contributed by atoms with E-state index in [1.165, 1.54) is 0 Å². The zero-order chi connectivity index (χ0) is 23.5. The number of morpholine rings is 1. The molecule has 1 fully saturated rings. The molecular weight excluding hydrogens is 412 g/mol. The summed E-state index contributed by atoms with van der Waals surface area (Å²) < 4.78 is 5.84. The van der Waals surface area contributed by atoms with Crippen LogP contribution < -0.4 is 10.6 Å². The van der Waals surface area contributed by atoms with Crippen molar-refractivity contribution >= 4 is 11.7 Å². The van der Waals surface area contributed by atoms with Crippen molar-refractivity contribution in [2.45, 2.75) is 39.4 Å². The van der Waals surface area contributed by atoms with Gasteiger partial charge >= 0.3 is 0 Å². The molecule has 0 aliphatic carbocycles. The van der Waals surface area contributed by atoms with Gasteiger partial charge in [0.1, 0.15) is 5.82 Å². The number of amides is 1. The fraction of sp³-hybridized carbons (Fsp3) is 0.296. The second-order valence-corrected chi connectivity index (χ2v) is 8.50. The number of hydrogen-bond donors (Lipinski definition) is 1. The minimum atomic E-state index is -0.484. The Morgan fingerprint density at radius 3 is 2.27 bits per heavy atom. The highest BCUT2D eigenvalue weighted by molar-refractivity contribution is 6.04. The first-order chi connectivity index (χ1) is 15.9. The van der Waals surface area contributed by atoms with E-state index in [0.29, 0.717) is 11.1 Å². The second-order valence-electron chi connectivity index (χ2n) is 8.50. The number of rotatable bonds is 5. The Kier molecular flexibility index (Phi) is 6.43.